The molecule has 0 saturated heterocycles. The zero-order valence-electron chi connectivity index (χ0n) is 16.9. The topological polar surface area (TPSA) is 88.0 Å². The number of aromatic nitrogens is 2. The van der Waals surface area contributed by atoms with Gasteiger partial charge in [0.05, 0.1) is 11.7 Å². The molecule has 7 nitrogen and oxygen atoms in total. The number of amides is 3. The molecule has 2 aromatic rings. The highest BCUT2D eigenvalue weighted by atomic mass is 16.2. The third kappa shape index (κ3) is 5.57. The van der Waals surface area contributed by atoms with Gasteiger partial charge >= 0.3 is 6.03 Å². The molecule has 0 aliphatic rings. The molecule has 0 unspecified atom stereocenters. The molecule has 0 radical (unpaired) electrons. The lowest BCUT2D eigenvalue weighted by atomic mass is 10.1. The number of carbonyl (C=O) groups is 2. The Bertz CT molecular complexity index is 826. The summed E-state index contributed by atoms with van der Waals surface area (Å²) in [5, 5.41) is 13.0. The molecule has 7 heteroatoms. The first-order chi connectivity index (χ1) is 12.7. The first-order valence-corrected chi connectivity index (χ1v) is 9.16. The maximum absolute atomic E-state index is 12.2. The SMILES string of the molecule is Cc1cc(C)n([C@@H](C)CNC(=O)Nc2ccc(C)c(NC(=O)C(C)C)c2)n1. The number of hydrogen-bond acceptors (Lipinski definition) is 3. The monoisotopic (exact) mass is 371 g/mol. The van der Waals surface area contributed by atoms with Crippen LogP contribution < -0.4 is 16.0 Å². The maximum Gasteiger partial charge on any atom is 0.319 e. The van der Waals surface area contributed by atoms with Gasteiger partial charge in [0.1, 0.15) is 0 Å². The fraction of sp³-hybridized carbons (Fsp3) is 0.450. The average Bonchev–Trinajstić information content (AvgIpc) is 2.94. The molecule has 0 fully saturated rings. The second-order valence-corrected chi connectivity index (χ2v) is 7.23. The van der Waals surface area contributed by atoms with Crippen LogP contribution in [0.4, 0.5) is 16.2 Å². The summed E-state index contributed by atoms with van der Waals surface area (Å²) in [6.07, 6.45) is 0. The van der Waals surface area contributed by atoms with Gasteiger partial charge in [0.2, 0.25) is 5.91 Å². The normalized spacial score (nSPS) is 12.0. The van der Waals surface area contributed by atoms with Crippen LogP contribution in [-0.4, -0.2) is 28.3 Å². The Morgan fingerprint density at radius 1 is 1.07 bits per heavy atom. The van der Waals surface area contributed by atoms with Crippen LogP contribution in [0, 0.1) is 26.7 Å². The van der Waals surface area contributed by atoms with Crippen LogP contribution in [0.15, 0.2) is 24.3 Å². The molecule has 1 heterocycles. The fourth-order valence-electron chi connectivity index (χ4n) is 2.71. The van der Waals surface area contributed by atoms with E-state index in [0.29, 0.717) is 17.9 Å². The number of rotatable bonds is 6. The predicted molar refractivity (Wildman–Crippen MR) is 108 cm³/mol. The molecule has 146 valence electrons. The zero-order chi connectivity index (χ0) is 20.1. The van der Waals surface area contributed by atoms with E-state index in [1.807, 2.05) is 64.4 Å². The highest BCUT2D eigenvalue weighted by Gasteiger charge is 2.12. The van der Waals surface area contributed by atoms with Gasteiger partial charge in [-0.25, -0.2) is 4.79 Å². The molecular weight excluding hydrogens is 342 g/mol. The van der Waals surface area contributed by atoms with Crippen molar-refractivity contribution in [1.82, 2.24) is 15.1 Å². The molecule has 0 spiro atoms. The summed E-state index contributed by atoms with van der Waals surface area (Å²) in [6, 6.07) is 7.20. The van der Waals surface area contributed by atoms with Crippen LogP contribution in [0.5, 0.6) is 0 Å². The number of urea groups is 1. The highest BCUT2D eigenvalue weighted by molar-refractivity contribution is 5.95. The van der Waals surface area contributed by atoms with E-state index in [0.717, 1.165) is 17.0 Å². The van der Waals surface area contributed by atoms with Crippen molar-refractivity contribution < 1.29 is 9.59 Å². The van der Waals surface area contributed by atoms with E-state index in [-0.39, 0.29) is 23.9 Å². The first kappa shape index (κ1) is 20.5. The predicted octanol–water partition coefficient (Wildman–Crippen LogP) is 3.79. The summed E-state index contributed by atoms with van der Waals surface area (Å²) in [7, 11) is 0. The smallest absolute Gasteiger partial charge is 0.319 e. The fourth-order valence-corrected chi connectivity index (χ4v) is 2.71. The van der Waals surface area contributed by atoms with Crippen molar-refractivity contribution in [3.8, 4) is 0 Å². The summed E-state index contributed by atoms with van der Waals surface area (Å²) in [4.78, 5) is 24.1. The van der Waals surface area contributed by atoms with E-state index < -0.39 is 0 Å². The van der Waals surface area contributed by atoms with Gasteiger partial charge in [-0.2, -0.15) is 5.10 Å². The molecule has 2 rings (SSSR count). The van der Waals surface area contributed by atoms with Crippen molar-refractivity contribution in [3.63, 3.8) is 0 Å². The Hall–Kier alpha value is -2.83. The van der Waals surface area contributed by atoms with Crippen LogP contribution in [-0.2, 0) is 4.79 Å². The highest BCUT2D eigenvalue weighted by Crippen LogP contribution is 2.21. The molecule has 0 aliphatic heterocycles. The van der Waals surface area contributed by atoms with E-state index in [1.54, 1.807) is 6.07 Å². The third-order valence-electron chi connectivity index (χ3n) is 4.30. The van der Waals surface area contributed by atoms with E-state index in [2.05, 4.69) is 21.0 Å². The average molecular weight is 371 g/mol. The molecule has 1 atom stereocenters. The molecule has 3 N–H and O–H groups in total. The van der Waals surface area contributed by atoms with Crippen LogP contribution in [0.25, 0.3) is 0 Å². The van der Waals surface area contributed by atoms with Crippen molar-refractivity contribution in [3.05, 3.63) is 41.2 Å². The summed E-state index contributed by atoms with van der Waals surface area (Å²) >= 11 is 0. The molecule has 27 heavy (non-hydrogen) atoms. The van der Waals surface area contributed by atoms with Gasteiger partial charge in [0, 0.05) is 29.5 Å². The minimum atomic E-state index is -0.298. The number of nitrogens with zero attached hydrogens (tertiary/aromatic N) is 2. The standard InChI is InChI=1S/C20H29N5O2/c1-12(2)19(26)23-18-10-17(8-7-13(18)3)22-20(27)21-11-16(6)25-15(5)9-14(4)24-25/h7-10,12,16H,11H2,1-6H3,(H,23,26)(H2,21,22,27)/t16-/m0/s1. The Balaban J connectivity index is 1.95. The van der Waals surface area contributed by atoms with Crippen molar-refractivity contribution in [2.45, 2.75) is 47.6 Å². The summed E-state index contributed by atoms with van der Waals surface area (Å²) in [5.41, 5.74) is 4.28. The minimum absolute atomic E-state index is 0.0448. The van der Waals surface area contributed by atoms with Crippen molar-refractivity contribution >= 4 is 23.3 Å². The summed E-state index contributed by atoms with van der Waals surface area (Å²) in [6.45, 7) is 12.0. The van der Waals surface area contributed by atoms with Gasteiger partial charge < -0.3 is 16.0 Å². The molecule has 3 amide bonds. The number of carbonyl (C=O) groups excluding carboxylic acids is 2. The molecule has 0 aliphatic carbocycles. The number of nitrogens with one attached hydrogen (secondary N) is 3. The van der Waals surface area contributed by atoms with Gasteiger partial charge in [0.25, 0.3) is 0 Å². The van der Waals surface area contributed by atoms with Crippen molar-refractivity contribution in [2.75, 3.05) is 17.2 Å². The van der Waals surface area contributed by atoms with Crippen molar-refractivity contribution in [1.29, 1.82) is 0 Å². The number of benzene rings is 1. The second-order valence-electron chi connectivity index (χ2n) is 7.23. The number of anilines is 2. The minimum Gasteiger partial charge on any atom is -0.336 e. The molecule has 0 saturated carbocycles. The van der Waals surface area contributed by atoms with Gasteiger partial charge in [-0.05, 0) is 51.5 Å². The zero-order valence-corrected chi connectivity index (χ0v) is 16.9. The molecular formula is C20H29N5O2. The number of aryl methyl sites for hydroxylation is 3. The van der Waals surface area contributed by atoms with Gasteiger partial charge in [-0.1, -0.05) is 19.9 Å². The molecule has 1 aromatic carbocycles. The molecule has 0 bridgehead atoms. The first-order valence-electron chi connectivity index (χ1n) is 9.16. The summed E-state index contributed by atoms with van der Waals surface area (Å²) in [5.74, 6) is -0.168. The lowest BCUT2D eigenvalue weighted by Crippen LogP contribution is -2.33. The lowest BCUT2D eigenvalue weighted by molar-refractivity contribution is -0.118. The Labute approximate surface area is 160 Å². The van der Waals surface area contributed by atoms with Crippen LogP contribution in [0.3, 0.4) is 0 Å². The molecule has 1 aromatic heterocycles. The largest absolute Gasteiger partial charge is 0.336 e. The Kier molecular flexibility index (Phi) is 6.60. The van der Waals surface area contributed by atoms with Crippen LogP contribution >= 0.6 is 0 Å². The maximum atomic E-state index is 12.2. The Morgan fingerprint density at radius 2 is 1.78 bits per heavy atom. The van der Waals surface area contributed by atoms with Gasteiger partial charge in [-0.15, -0.1) is 0 Å². The van der Waals surface area contributed by atoms with E-state index >= 15 is 0 Å². The van der Waals surface area contributed by atoms with E-state index in [4.69, 9.17) is 0 Å². The van der Waals surface area contributed by atoms with Gasteiger partial charge in [0.15, 0.2) is 0 Å². The van der Waals surface area contributed by atoms with Crippen LogP contribution in [0.1, 0.15) is 43.8 Å². The van der Waals surface area contributed by atoms with E-state index in [9.17, 15) is 9.59 Å². The lowest BCUT2D eigenvalue weighted by Gasteiger charge is -2.16. The quantitative estimate of drug-likeness (QED) is 0.722. The second kappa shape index (κ2) is 8.70. The van der Waals surface area contributed by atoms with E-state index in [1.165, 1.54) is 0 Å². The van der Waals surface area contributed by atoms with Crippen LogP contribution in [0.2, 0.25) is 0 Å². The van der Waals surface area contributed by atoms with Gasteiger partial charge in [-0.3, -0.25) is 9.48 Å². The number of hydrogen-bond donors (Lipinski definition) is 3. The Morgan fingerprint density at radius 3 is 2.37 bits per heavy atom. The van der Waals surface area contributed by atoms with Crippen molar-refractivity contribution in [2.24, 2.45) is 5.92 Å². The third-order valence-corrected chi connectivity index (χ3v) is 4.30. The summed E-state index contributed by atoms with van der Waals surface area (Å²) < 4.78 is 1.90.